The number of Topliss-reactive ketones (excluding diaryl/α,β-unsaturated/α-hetero) is 1. The largest absolute Gasteiger partial charge is 0.492 e. The van der Waals surface area contributed by atoms with E-state index in [-0.39, 0.29) is 5.78 Å². The maximum atomic E-state index is 12.3. The van der Waals surface area contributed by atoms with Crippen LogP contribution in [0.15, 0.2) is 73.3 Å². The highest BCUT2D eigenvalue weighted by Gasteiger charge is 2.28. The first-order valence-corrected chi connectivity index (χ1v) is 14.4. The van der Waals surface area contributed by atoms with Gasteiger partial charge in [-0.1, -0.05) is 0 Å². The zero-order valence-corrected chi connectivity index (χ0v) is 23.7. The molecule has 4 heterocycles. The van der Waals surface area contributed by atoms with Crippen LogP contribution >= 0.6 is 0 Å². The second-order valence-electron chi connectivity index (χ2n) is 10.5. The van der Waals surface area contributed by atoms with Gasteiger partial charge in [0.15, 0.2) is 11.6 Å². The summed E-state index contributed by atoms with van der Waals surface area (Å²) < 4.78 is 11.2. The number of hydrogen-bond donors (Lipinski definition) is 1. The average molecular weight is 577 g/mol. The van der Waals surface area contributed by atoms with Gasteiger partial charge in [-0.3, -0.25) is 14.7 Å². The molecule has 0 radical (unpaired) electrons. The second-order valence-corrected chi connectivity index (χ2v) is 10.5. The first-order valence-electron chi connectivity index (χ1n) is 14.4. The van der Waals surface area contributed by atoms with Crippen molar-refractivity contribution in [2.24, 2.45) is 0 Å². The van der Waals surface area contributed by atoms with Crippen LogP contribution in [0.3, 0.4) is 0 Å². The number of piperazine rings is 1. The number of rotatable bonds is 11. The van der Waals surface area contributed by atoms with Crippen molar-refractivity contribution in [2.45, 2.75) is 18.9 Å². The van der Waals surface area contributed by atoms with E-state index in [1.807, 2.05) is 18.2 Å². The summed E-state index contributed by atoms with van der Waals surface area (Å²) >= 11 is 0. The predicted octanol–water partition coefficient (Wildman–Crippen LogP) is 4.11. The normalized spacial score (nSPS) is 15.4. The molecule has 4 aromatic rings. The Kier molecular flexibility index (Phi) is 8.77. The summed E-state index contributed by atoms with van der Waals surface area (Å²) in [7, 11) is 0. The Morgan fingerprint density at radius 3 is 2.63 bits per heavy atom. The Bertz CT molecular complexity index is 1580. The molecule has 2 aromatic carbocycles. The van der Waals surface area contributed by atoms with Gasteiger partial charge in [0.1, 0.15) is 18.1 Å². The van der Waals surface area contributed by atoms with Gasteiger partial charge in [0.05, 0.1) is 31.4 Å². The molecule has 2 aliphatic heterocycles. The molecule has 0 atom stereocenters. The highest BCUT2D eigenvalue weighted by Crippen LogP contribution is 2.26. The lowest BCUT2D eigenvalue weighted by Gasteiger charge is -2.43. The van der Waals surface area contributed by atoms with Crippen molar-refractivity contribution in [1.82, 2.24) is 24.8 Å². The van der Waals surface area contributed by atoms with E-state index in [0.29, 0.717) is 59.7 Å². The van der Waals surface area contributed by atoms with Crippen LogP contribution in [0.2, 0.25) is 0 Å². The van der Waals surface area contributed by atoms with E-state index >= 15 is 0 Å². The summed E-state index contributed by atoms with van der Waals surface area (Å²) in [5, 5.41) is 13.0. The topological polar surface area (TPSA) is 129 Å². The van der Waals surface area contributed by atoms with Crippen molar-refractivity contribution in [3.05, 3.63) is 84.4 Å². The van der Waals surface area contributed by atoms with Gasteiger partial charge in [-0.05, 0) is 61.0 Å². The number of nitrogens with zero attached hydrogens (tertiary/aromatic N) is 7. The van der Waals surface area contributed by atoms with E-state index in [1.165, 1.54) is 12.0 Å². The molecule has 11 heteroatoms. The molecule has 2 aromatic heterocycles. The number of anilines is 3. The molecule has 2 saturated heterocycles. The lowest BCUT2D eigenvalue weighted by atomic mass is 10.1. The van der Waals surface area contributed by atoms with Crippen molar-refractivity contribution in [1.29, 1.82) is 5.26 Å². The number of ether oxygens (including phenoxy) is 2. The van der Waals surface area contributed by atoms with E-state index < -0.39 is 0 Å². The van der Waals surface area contributed by atoms with Crippen LogP contribution in [-0.2, 0) is 4.74 Å². The highest BCUT2D eigenvalue weighted by molar-refractivity contribution is 5.95. The van der Waals surface area contributed by atoms with Crippen LogP contribution in [0.1, 0.15) is 28.8 Å². The fraction of sp³-hybridized carbons (Fsp3) is 0.312. The molecule has 218 valence electrons. The van der Waals surface area contributed by atoms with Crippen LogP contribution in [-0.4, -0.2) is 82.7 Å². The van der Waals surface area contributed by atoms with Crippen LogP contribution < -0.4 is 15.0 Å². The zero-order valence-electron chi connectivity index (χ0n) is 23.7. The lowest BCUT2D eigenvalue weighted by Crippen LogP contribution is -2.56. The number of carbonyl (C=O) groups excluding carboxylic acids is 1. The Labute approximate surface area is 250 Å². The minimum Gasteiger partial charge on any atom is -0.492 e. The number of carbonyl (C=O) groups is 1. The summed E-state index contributed by atoms with van der Waals surface area (Å²) in [6.45, 7) is 6.13. The minimum atomic E-state index is 0.0107. The van der Waals surface area contributed by atoms with Crippen molar-refractivity contribution in [3.63, 3.8) is 0 Å². The van der Waals surface area contributed by atoms with Crippen LogP contribution in [0.4, 0.5) is 17.3 Å². The van der Waals surface area contributed by atoms with Crippen LogP contribution in [0, 0.1) is 11.3 Å². The molecule has 0 saturated carbocycles. The number of aromatic nitrogens is 4. The summed E-state index contributed by atoms with van der Waals surface area (Å²) in [4.78, 5) is 34.3. The summed E-state index contributed by atoms with van der Waals surface area (Å²) in [5.74, 6) is 1.31. The number of nitrogens with one attached hydrogen (secondary N) is 1. The third-order valence-corrected chi connectivity index (χ3v) is 7.66. The maximum absolute atomic E-state index is 12.3. The van der Waals surface area contributed by atoms with E-state index in [0.717, 1.165) is 45.1 Å². The molecule has 0 aliphatic carbocycles. The third-order valence-electron chi connectivity index (χ3n) is 7.66. The minimum absolute atomic E-state index is 0.0107. The van der Waals surface area contributed by atoms with Gasteiger partial charge in [-0.15, -0.1) is 0 Å². The molecule has 0 unspecified atom stereocenters. The third kappa shape index (κ3) is 6.94. The van der Waals surface area contributed by atoms with Gasteiger partial charge < -0.3 is 19.7 Å². The molecular weight excluding hydrogens is 544 g/mol. The van der Waals surface area contributed by atoms with Crippen molar-refractivity contribution in [3.8, 4) is 23.2 Å². The van der Waals surface area contributed by atoms with E-state index in [2.05, 4.69) is 53.3 Å². The second kappa shape index (κ2) is 13.4. The number of pyridine rings is 1. The summed E-state index contributed by atoms with van der Waals surface area (Å²) in [6.07, 6.45) is 5.50. The standard InChI is InChI=1S/C32H32N8O3/c33-18-25-17-23(5-10-30(25)43-16-2-4-29(41)24-3-1-11-34-19-24)31-35-22-36-32(38-31)37-26-6-8-27(9-7-26)39-12-14-40(15-13-39)28-20-42-21-28/h1,3,5-11,17,19,22,28H,2,4,12-16,20-21H2,(H,35,36,37,38). The molecule has 1 N–H and O–H groups in total. The Balaban J connectivity index is 1.03. The fourth-order valence-corrected chi connectivity index (χ4v) is 5.13. The molecule has 43 heavy (non-hydrogen) atoms. The predicted molar refractivity (Wildman–Crippen MR) is 161 cm³/mol. The number of nitriles is 1. The number of benzene rings is 2. The number of hydrogen-bond acceptors (Lipinski definition) is 11. The molecule has 0 amide bonds. The van der Waals surface area contributed by atoms with Crippen LogP contribution in [0.25, 0.3) is 11.4 Å². The Morgan fingerprint density at radius 2 is 1.91 bits per heavy atom. The summed E-state index contributed by atoms with van der Waals surface area (Å²) in [6, 6.07) is 19.8. The first kappa shape index (κ1) is 28.2. The first-order chi connectivity index (χ1) is 21.2. The van der Waals surface area contributed by atoms with Gasteiger partial charge in [-0.2, -0.15) is 10.2 Å². The van der Waals surface area contributed by atoms with Crippen LogP contribution in [0.5, 0.6) is 5.75 Å². The van der Waals surface area contributed by atoms with Gasteiger partial charge >= 0.3 is 0 Å². The van der Waals surface area contributed by atoms with E-state index in [1.54, 1.807) is 36.7 Å². The van der Waals surface area contributed by atoms with Crippen molar-refractivity contribution in [2.75, 3.05) is 56.2 Å². The SMILES string of the molecule is N#Cc1cc(-c2ncnc(Nc3ccc(N4CCN(C5COC5)CC4)cc3)n2)ccc1OCCCC(=O)c1cccnc1. The van der Waals surface area contributed by atoms with Crippen molar-refractivity contribution >= 4 is 23.1 Å². The van der Waals surface area contributed by atoms with E-state index in [4.69, 9.17) is 9.47 Å². The van der Waals surface area contributed by atoms with E-state index in [9.17, 15) is 10.1 Å². The molecule has 6 rings (SSSR count). The molecule has 0 bridgehead atoms. The highest BCUT2D eigenvalue weighted by atomic mass is 16.5. The van der Waals surface area contributed by atoms with Crippen molar-refractivity contribution < 1.29 is 14.3 Å². The quantitative estimate of drug-likeness (QED) is 0.205. The molecule has 11 nitrogen and oxygen atoms in total. The smallest absolute Gasteiger partial charge is 0.230 e. The van der Waals surface area contributed by atoms with Gasteiger partial charge in [-0.25, -0.2) is 9.97 Å². The monoisotopic (exact) mass is 576 g/mol. The lowest BCUT2D eigenvalue weighted by molar-refractivity contribution is -0.0660. The molecular formula is C32H32N8O3. The van der Waals surface area contributed by atoms with Gasteiger partial charge in [0.25, 0.3) is 0 Å². The fourth-order valence-electron chi connectivity index (χ4n) is 5.13. The zero-order chi connectivity index (χ0) is 29.4. The average Bonchev–Trinajstić information content (AvgIpc) is 3.03. The maximum Gasteiger partial charge on any atom is 0.230 e. The molecule has 2 fully saturated rings. The molecule has 2 aliphatic rings. The van der Waals surface area contributed by atoms with Gasteiger partial charge in [0, 0.05) is 67.5 Å². The molecule has 0 spiro atoms. The Morgan fingerprint density at radius 1 is 1.07 bits per heavy atom. The Hall–Kier alpha value is -4.92. The van der Waals surface area contributed by atoms with Gasteiger partial charge in [0.2, 0.25) is 5.95 Å². The summed E-state index contributed by atoms with van der Waals surface area (Å²) in [5.41, 5.74) is 3.68. The number of ketones is 1.